The van der Waals surface area contributed by atoms with E-state index in [4.69, 9.17) is 5.11 Å². The van der Waals surface area contributed by atoms with Gasteiger partial charge in [-0.05, 0) is 30.0 Å². The highest BCUT2D eigenvalue weighted by Gasteiger charge is 2.02. The van der Waals surface area contributed by atoms with Gasteiger partial charge >= 0.3 is 0 Å². The molecular weight excluding hydrogens is 138 g/mol. The van der Waals surface area contributed by atoms with Gasteiger partial charge in [-0.2, -0.15) is 0 Å². The summed E-state index contributed by atoms with van der Waals surface area (Å²) >= 11 is 0. The lowest BCUT2D eigenvalue weighted by Crippen LogP contribution is -1.96. The van der Waals surface area contributed by atoms with Gasteiger partial charge in [-0.15, -0.1) is 0 Å². The van der Waals surface area contributed by atoms with Crippen molar-refractivity contribution in [3.8, 4) is 0 Å². The Balaban J connectivity index is 2.61. The molecule has 0 amide bonds. The summed E-state index contributed by atoms with van der Waals surface area (Å²) in [6.07, 6.45) is 4.39. The molecule has 1 aromatic rings. The van der Waals surface area contributed by atoms with Gasteiger partial charge < -0.3 is 5.11 Å². The van der Waals surface area contributed by atoms with Crippen LogP contribution < -0.4 is 0 Å². The Bertz CT molecular complexity index is 198. The molecule has 11 heavy (non-hydrogen) atoms. The topological polar surface area (TPSA) is 33.1 Å². The number of hydrogen-bond acceptors (Lipinski definition) is 2. The molecule has 2 heteroatoms. The van der Waals surface area contributed by atoms with Crippen LogP contribution >= 0.6 is 0 Å². The van der Waals surface area contributed by atoms with Crippen LogP contribution in [0, 0.1) is 0 Å². The summed E-state index contributed by atoms with van der Waals surface area (Å²) in [5, 5.41) is 8.68. The number of nitrogens with zero attached hydrogens (tertiary/aromatic N) is 1. The zero-order chi connectivity index (χ0) is 8.10. The van der Waals surface area contributed by atoms with Crippen molar-refractivity contribution >= 4 is 0 Å². The molecule has 0 unspecified atom stereocenters. The minimum absolute atomic E-state index is 0.253. The average molecular weight is 151 g/mol. The molecule has 0 fully saturated rings. The lowest BCUT2D eigenvalue weighted by Gasteiger charge is -2.08. The normalized spacial score (nSPS) is 12.9. The molecule has 0 spiro atoms. The van der Waals surface area contributed by atoms with Crippen molar-refractivity contribution in [1.82, 2.24) is 4.98 Å². The predicted molar refractivity (Wildman–Crippen MR) is 44.4 cm³/mol. The van der Waals surface area contributed by atoms with Crippen molar-refractivity contribution in [2.24, 2.45) is 0 Å². The Morgan fingerprint density at radius 1 is 1.45 bits per heavy atom. The molecule has 0 radical (unpaired) electrons. The lowest BCUT2D eigenvalue weighted by molar-refractivity contribution is 0.278. The molecule has 1 atom stereocenters. The summed E-state index contributed by atoms with van der Waals surface area (Å²) in [5.41, 5.74) is 1.24. The fourth-order valence-corrected chi connectivity index (χ4v) is 1.05. The first-order chi connectivity index (χ1) is 5.34. The first kappa shape index (κ1) is 8.21. The molecule has 0 bridgehead atoms. The molecule has 1 rings (SSSR count). The Labute approximate surface area is 66.9 Å². The SMILES string of the molecule is C[C@@H](CCO)c1ccncc1. The first-order valence-corrected chi connectivity index (χ1v) is 3.85. The summed E-state index contributed by atoms with van der Waals surface area (Å²) in [4.78, 5) is 3.93. The lowest BCUT2D eigenvalue weighted by atomic mass is 10.00. The van der Waals surface area contributed by atoms with Crippen molar-refractivity contribution < 1.29 is 5.11 Å². The Kier molecular flexibility index (Phi) is 3.05. The Morgan fingerprint density at radius 2 is 2.09 bits per heavy atom. The number of aliphatic hydroxyl groups is 1. The standard InChI is InChI=1S/C9H13NO/c1-8(4-7-11)9-2-5-10-6-3-9/h2-3,5-6,8,11H,4,7H2,1H3/t8-/m0/s1. The second-order valence-corrected chi connectivity index (χ2v) is 2.69. The maximum Gasteiger partial charge on any atom is 0.0436 e. The first-order valence-electron chi connectivity index (χ1n) is 3.85. The summed E-state index contributed by atoms with van der Waals surface area (Å²) < 4.78 is 0. The summed E-state index contributed by atoms with van der Waals surface area (Å²) in [6, 6.07) is 3.97. The van der Waals surface area contributed by atoms with Crippen LogP contribution in [0.3, 0.4) is 0 Å². The van der Waals surface area contributed by atoms with Crippen molar-refractivity contribution in [3.63, 3.8) is 0 Å². The van der Waals surface area contributed by atoms with Crippen LogP contribution in [-0.2, 0) is 0 Å². The summed E-state index contributed by atoms with van der Waals surface area (Å²) in [6.45, 7) is 2.36. The average Bonchev–Trinajstić information content (AvgIpc) is 2.07. The third-order valence-corrected chi connectivity index (χ3v) is 1.84. The molecule has 60 valence electrons. The van der Waals surface area contributed by atoms with E-state index in [1.165, 1.54) is 5.56 Å². The van der Waals surface area contributed by atoms with Gasteiger partial charge in [0, 0.05) is 19.0 Å². The van der Waals surface area contributed by atoms with Crippen molar-refractivity contribution in [3.05, 3.63) is 30.1 Å². The Hall–Kier alpha value is -0.890. The van der Waals surface area contributed by atoms with E-state index >= 15 is 0 Å². The van der Waals surface area contributed by atoms with Gasteiger partial charge in [0.25, 0.3) is 0 Å². The van der Waals surface area contributed by atoms with Gasteiger partial charge in [-0.1, -0.05) is 6.92 Å². The van der Waals surface area contributed by atoms with E-state index in [1.54, 1.807) is 12.4 Å². The highest BCUT2D eigenvalue weighted by molar-refractivity contribution is 5.14. The van der Waals surface area contributed by atoms with E-state index in [2.05, 4.69) is 11.9 Å². The minimum Gasteiger partial charge on any atom is -0.396 e. The summed E-state index contributed by atoms with van der Waals surface area (Å²) in [5.74, 6) is 0.433. The number of rotatable bonds is 3. The van der Waals surface area contributed by atoms with Crippen LogP contribution in [-0.4, -0.2) is 16.7 Å². The largest absolute Gasteiger partial charge is 0.396 e. The fourth-order valence-electron chi connectivity index (χ4n) is 1.05. The third kappa shape index (κ3) is 2.31. The zero-order valence-corrected chi connectivity index (χ0v) is 6.70. The number of aromatic nitrogens is 1. The second-order valence-electron chi connectivity index (χ2n) is 2.69. The van der Waals surface area contributed by atoms with Crippen LogP contribution in [0.4, 0.5) is 0 Å². The molecular formula is C9H13NO. The zero-order valence-electron chi connectivity index (χ0n) is 6.70. The van der Waals surface area contributed by atoms with Gasteiger partial charge in [0.2, 0.25) is 0 Å². The molecule has 2 nitrogen and oxygen atoms in total. The van der Waals surface area contributed by atoms with E-state index in [-0.39, 0.29) is 6.61 Å². The molecule has 1 heterocycles. The third-order valence-electron chi connectivity index (χ3n) is 1.84. The van der Waals surface area contributed by atoms with E-state index in [9.17, 15) is 0 Å². The van der Waals surface area contributed by atoms with Gasteiger partial charge in [-0.25, -0.2) is 0 Å². The molecule has 0 aliphatic rings. The van der Waals surface area contributed by atoms with Crippen molar-refractivity contribution in [1.29, 1.82) is 0 Å². The maximum atomic E-state index is 8.68. The predicted octanol–water partition coefficient (Wildman–Crippen LogP) is 1.57. The van der Waals surface area contributed by atoms with Crippen molar-refractivity contribution in [2.45, 2.75) is 19.3 Å². The van der Waals surface area contributed by atoms with Gasteiger partial charge in [0.15, 0.2) is 0 Å². The van der Waals surface area contributed by atoms with Crippen LogP contribution in [0.1, 0.15) is 24.8 Å². The Morgan fingerprint density at radius 3 is 2.64 bits per heavy atom. The number of pyridine rings is 1. The molecule has 0 saturated heterocycles. The minimum atomic E-state index is 0.253. The molecule has 1 aromatic heterocycles. The highest BCUT2D eigenvalue weighted by atomic mass is 16.3. The number of aliphatic hydroxyl groups excluding tert-OH is 1. The van der Waals surface area contributed by atoms with Gasteiger partial charge in [0.1, 0.15) is 0 Å². The molecule has 0 aliphatic carbocycles. The summed E-state index contributed by atoms with van der Waals surface area (Å²) in [7, 11) is 0. The van der Waals surface area contributed by atoms with Crippen LogP contribution in [0.2, 0.25) is 0 Å². The molecule has 0 aromatic carbocycles. The van der Waals surface area contributed by atoms with Gasteiger partial charge in [0.05, 0.1) is 0 Å². The number of hydrogen-bond donors (Lipinski definition) is 1. The van der Waals surface area contributed by atoms with Gasteiger partial charge in [-0.3, -0.25) is 4.98 Å². The smallest absolute Gasteiger partial charge is 0.0436 e. The quantitative estimate of drug-likeness (QED) is 0.711. The van der Waals surface area contributed by atoms with E-state index in [1.807, 2.05) is 12.1 Å². The molecule has 0 saturated carbocycles. The van der Waals surface area contributed by atoms with E-state index in [0.717, 1.165) is 6.42 Å². The monoisotopic (exact) mass is 151 g/mol. The second kappa shape index (κ2) is 4.09. The maximum absolute atomic E-state index is 8.68. The van der Waals surface area contributed by atoms with E-state index in [0.29, 0.717) is 5.92 Å². The van der Waals surface area contributed by atoms with Crippen molar-refractivity contribution in [2.75, 3.05) is 6.61 Å². The fraction of sp³-hybridized carbons (Fsp3) is 0.444. The van der Waals surface area contributed by atoms with Crippen LogP contribution in [0.25, 0.3) is 0 Å². The van der Waals surface area contributed by atoms with Crippen LogP contribution in [0.5, 0.6) is 0 Å². The van der Waals surface area contributed by atoms with E-state index < -0.39 is 0 Å². The van der Waals surface area contributed by atoms with Crippen LogP contribution in [0.15, 0.2) is 24.5 Å². The molecule has 0 aliphatic heterocycles. The molecule has 1 N–H and O–H groups in total. The highest BCUT2D eigenvalue weighted by Crippen LogP contribution is 2.16.